The quantitative estimate of drug-likeness (QED) is 0.591. The number of carbonyl (C=O) groups is 1. The molecule has 0 spiro atoms. The van der Waals surface area contributed by atoms with Crippen molar-refractivity contribution >= 4 is 11.6 Å². The summed E-state index contributed by atoms with van der Waals surface area (Å²) in [5.41, 5.74) is 11.2. The number of aromatic nitrogens is 3. The molecule has 3 aromatic rings. The van der Waals surface area contributed by atoms with E-state index in [1.165, 1.54) is 6.33 Å². The average Bonchev–Trinajstić information content (AvgIpc) is 3.30. The molecule has 2 aromatic carbocycles. The maximum Gasteiger partial charge on any atom is 0.251 e. The fourth-order valence-electron chi connectivity index (χ4n) is 2.90. The molecule has 120 valence electrons. The minimum atomic E-state index is -0.0987. The average molecular weight is 320 g/mol. The van der Waals surface area contributed by atoms with Crippen LogP contribution in [0.5, 0.6) is 0 Å². The SMILES string of the molecule is CNC(=O)c1cccc(C2NNc3ccc(-c4ncn[nH]4)cc32)c1. The zero-order valence-electron chi connectivity index (χ0n) is 13.0. The Hall–Kier alpha value is -3.19. The maximum atomic E-state index is 11.9. The number of nitrogens with zero attached hydrogens (tertiary/aromatic N) is 2. The Labute approximate surface area is 138 Å². The number of hydrogen-bond donors (Lipinski definition) is 4. The summed E-state index contributed by atoms with van der Waals surface area (Å²) < 4.78 is 0. The molecule has 4 rings (SSSR count). The second-order valence-corrected chi connectivity index (χ2v) is 5.54. The highest BCUT2D eigenvalue weighted by Gasteiger charge is 2.24. The van der Waals surface area contributed by atoms with E-state index < -0.39 is 0 Å². The predicted octanol–water partition coefficient (Wildman–Crippen LogP) is 1.85. The first kappa shape index (κ1) is 14.4. The van der Waals surface area contributed by atoms with Gasteiger partial charge in [-0.1, -0.05) is 12.1 Å². The lowest BCUT2D eigenvalue weighted by Crippen LogP contribution is -2.21. The van der Waals surface area contributed by atoms with Gasteiger partial charge < -0.3 is 10.7 Å². The van der Waals surface area contributed by atoms with Gasteiger partial charge in [-0.25, -0.2) is 10.4 Å². The van der Waals surface area contributed by atoms with Crippen molar-refractivity contribution in [2.75, 3.05) is 12.5 Å². The molecule has 1 aliphatic rings. The number of hydrogen-bond acceptors (Lipinski definition) is 5. The minimum Gasteiger partial charge on any atom is -0.355 e. The van der Waals surface area contributed by atoms with Gasteiger partial charge in [0, 0.05) is 23.7 Å². The van der Waals surface area contributed by atoms with Crippen molar-refractivity contribution in [3.05, 3.63) is 65.5 Å². The van der Waals surface area contributed by atoms with Crippen LogP contribution in [0.4, 0.5) is 5.69 Å². The van der Waals surface area contributed by atoms with Crippen LogP contribution < -0.4 is 16.2 Å². The van der Waals surface area contributed by atoms with Crippen molar-refractivity contribution < 1.29 is 4.79 Å². The number of nitrogens with one attached hydrogen (secondary N) is 4. The second-order valence-electron chi connectivity index (χ2n) is 5.54. The molecular weight excluding hydrogens is 304 g/mol. The van der Waals surface area contributed by atoms with E-state index in [1.54, 1.807) is 13.1 Å². The number of aromatic amines is 1. The smallest absolute Gasteiger partial charge is 0.251 e. The second kappa shape index (κ2) is 5.78. The number of carbonyl (C=O) groups excluding carboxylic acids is 1. The van der Waals surface area contributed by atoms with Crippen LogP contribution in [-0.2, 0) is 0 Å². The highest BCUT2D eigenvalue weighted by molar-refractivity contribution is 5.94. The van der Waals surface area contributed by atoms with Crippen molar-refractivity contribution in [3.8, 4) is 11.4 Å². The summed E-state index contributed by atoms with van der Waals surface area (Å²) in [6.45, 7) is 0. The van der Waals surface area contributed by atoms with Gasteiger partial charge in [-0.2, -0.15) is 5.10 Å². The molecule has 0 saturated heterocycles. The Bertz CT molecular complexity index is 890. The van der Waals surface area contributed by atoms with Gasteiger partial charge in [0.05, 0.1) is 11.7 Å². The largest absolute Gasteiger partial charge is 0.355 e. The Balaban J connectivity index is 1.73. The number of anilines is 1. The van der Waals surface area contributed by atoms with Gasteiger partial charge in [0.25, 0.3) is 5.91 Å². The summed E-state index contributed by atoms with van der Waals surface area (Å²) in [4.78, 5) is 16.1. The molecule has 1 atom stereocenters. The molecule has 0 radical (unpaired) electrons. The summed E-state index contributed by atoms with van der Waals surface area (Å²) in [6.07, 6.45) is 1.49. The van der Waals surface area contributed by atoms with E-state index in [2.05, 4.69) is 37.4 Å². The molecule has 0 bridgehead atoms. The van der Waals surface area contributed by atoms with E-state index in [9.17, 15) is 4.79 Å². The van der Waals surface area contributed by atoms with Crippen LogP contribution in [0.1, 0.15) is 27.5 Å². The number of fused-ring (bicyclic) bond motifs is 1. The van der Waals surface area contributed by atoms with Gasteiger partial charge in [0.15, 0.2) is 5.82 Å². The zero-order valence-corrected chi connectivity index (χ0v) is 13.0. The van der Waals surface area contributed by atoms with E-state index in [-0.39, 0.29) is 11.9 Å². The molecular formula is C17H16N6O. The number of rotatable bonds is 3. The molecule has 7 nitrogen and oxygen atoms in total. The van der Waals surface area contributed by atoms with Gasteiger partial charge in [-0.15, -0.1) is 0 Å². The number of hydrazine groups is 1. The molecule has 0 aliphatic carbocycles. The third-order valence-electron chi connectivity index (χ3n) is 4.11. The van der Waals surface area contributed by atoms with Crippen molar-refractivity contribution in [1.29, 1.82) is 0 Å². The minimum absolute atomic E-state index is 0.0486. The van der Waals surface area contributed by atoms with E-state index in [0.29, 0.717) is 5.56 Å². The summed E-state index contributed by atoms with van der Waals surface area (Å²) >= 11 is 0. The molecule has 1 amide bonds. The monoisotopic (exact) mass is 320 g/mol. The van der Waals surface area contributed by atoms with Crippen molar-refractivity contribution in [3.63, 3.8) is 0 Å². The summed E-state index contributed by atoms with van der Waals surface area (Å²) in [5, 5.41) is 9.43. The van der Waals surface area contributed by atoms with Gasteiger partial charge in [-0.3, -0.25) is 9.89 Å². The third kappa shape index (κ3) is 2.40. The van der Waals surface area contributed by atoms with Gasteiger partial charge >= 0.3 is 0 Å². The van der Waals surface area contributed by atoms with Crippen molar-refractivity contribution in [2.24, 2.45) is 0 Å². The van der Waals surface area contributed by atoms with E-state index in [0.717, 1.165) is 28.2 Å². The standard InChI is InChI=1S/C17H16N6O/c1-18-17(24)12-4-2-3-10(7-12)15-13-8-11(16-19-9-20-23-16)5-6-14(13)21-22-15/h2-9,15,21-22H,1H3,(H,18,24)(H,19,20,23). The highest BCUT2D eigenvalue weighted by Crippen LogP contribution is 2.35. The van der Waals surface area contributed by atoms with Gasteiger partial charge in [0.1, 0.15) is 6.33 Å². The first-order chi connectivity index (χ1) is 11.8. The zero-order chi connectivity index (χ0) is 16.5. The maximum absolute atomic E-state index is 11.9. The Morgan fingerprint density at radius 1 is 1.21 bits per heavy atom. The molecule has 1 unspecified atom stereocenters. The Morgan fingerprint density at radius 3 is 2.92 bits per heavy atom. The molecule has 2 heterocycles. The van der Waals surface area contributed by atoms with E-state index >= 15 is 0 Å². The topological polar surface area (TPSA) is 94.7 Å². The van der Waals surface area contributed by atoms with Crippen LogP contribution >= 0.6 is 0 Å². The van der Waals surface area contributed by atoms with Crippen LogP contribution in [0.2, 0.25) is 0 Å². The van der Waals surface area contributed by atoms with Crippen molar-refractivity contribution in [1.82, 2.24) is 25.9 Å². The number of H-pyrrole nitrogens is 1. The molecule has 0 fully saturated rings. The molecule has 1 aliphatic heterocycles. The third-order valence-corrected chi connectivity index (χ3v) is 4.11. The summed E-state index contributed by atoms with van der Waals surface area (Å²) in [5.74, 6) is 0.626. The Morgan fingerprint density at radius 2 is 2.12 bits per heavy atom. The normalized spacial score (nSPS) is 15.6. The lowest BCUT2D eigenvalue weighted by molar-refractivity contribution is 0.0963. The van der Waals surface area contributed by atoms with E-state index in [1.807, 2.05) is 30.3 Å². The number of amides is 1. The van der Waals surface area contributed by atoms with Gasteiger partial charge in [0.2, 0.25) is 0 Å². The fraction of sp³-hybridized carbons (Fsp3) is 0.118. The number of benzene rings is 2. The molecule has 1 aromatic heterocycles. The molecule has 0 saturated carbocycles. The first-order valence-corrected chi connectivity index (χ1v) is 7.59. The molecule has 4 N–H and O–H groups in total. The van der Waals surface area contributed by atoms with Crippen molar-refractivity contribution in [2.45, 2.75) is 6.04 Å². The first-order valence-electron chi connectivity index (χ1n) is 7.59. The summed E-state index contributed by atoms with van der Waals surface area (Å²) in [6, 6.07) is 13.6. The predicted molar refractivity (Wildman–Crippen MR) is 90.3 cm³/mol. The fourth-order valence-corrected chi connectivity index (χ4v) is 2.90. The van der Waals surface area contributed by atoms with Crippen LogP contribution in [0, 0.1) is 0 Å². The summed E-state index contributed by atoms with van der Waals surface area (Å²) in [7, 11) is 1.63. The molecule has 7 heteroatoms. The lowest BCUT2D eigenvalue weighted by atomic mass is 9.96. The van der Waals surface area contributed by atoms with Crippen LogP contribution in [0.3, 0.4) is 0 Å². The highest BCUT2D eigenvalue weighted by atomic mass is 16.1. The lowest BCUT2D eigenvalue weighted by Gasteiger charge is -2.13. The van der Waals surface area contributed by atoms with Crippen LogP contribution in [0.15, 0.2) is 48.8 Å². The van der Waals surface area contributed by atoms with Gasteiger partial charge in [-0.05, 0) is 35.9 Å². The Kier molecular flexibility index (Phi) is 3.47. The molecule has 24 heavy (non-hydrogen) atoms. The van der Waals surface area contributed by atoms with E-state index in [4.69, 9.17) is 0 Å². The van der Waals surface area contributed by atoms with Crippen LogP contribution in [-0.4, -0.2) is 28.1 Å². The van der Waals surface area contributed by atoms with Crippen LogP contribution in [0.25, 0.3) is 11.4 Å².